The summed E-state index contributed by atoms with van der Waals surface area (Å²) in [5, 5.41) is 17.1. The fraction of sp³-hybridized carbons (Fsp3) is 0.333. The number of rotatable bonds is 3. The molecule has 0 spiro atoms. The van der Waals surface area contributed by atoms with Gasteiger partial charge in [-0.2, -0.15) is 5.10 Å². The van der Waals surface area contributed by atoms with E-state index in [0.29, 0.717) is 5.69 Å². The van der Waals surface area contributed by atoms with Crippen molar-refractivity contribution >= 4 is 11.5 Å². The molecule has 0 amide bonds. The summed E-state index contributed by atoms with van der Waals surface area (Å²) in [6.45, 7) is 3.76. The van der Waals surface area contributed by atoms with Crippen LogP contribution in [-0.2, 0) is 6.61 Å². The summed E-state index contributed by atoms with van der Waals surface area (Å²) in [6.07, 6.45) is 0. The number of piperazine rings is 1. The Morgan fingerprint density at radius 3 is 2.15 bits per heavy atom. The van der Waals surface area contributed by atoms with Gasteiger partial charge in [-0.1, -0.05) is 18.2 Å². The SMILES string of the molecule is OCc1ccc(N2CCN(c3ccccc3)CC2)nn1. The third-order valence-corrected chi connectivity index (χ3v) is 3.59. The Morgan fingerprint density at radius 2 is 1.55 bits per heavy atom. The van der Waals surface area contributed by atoms with Gasteiger partial charge in [0.15, 0.2) is 5.82 Å². The zero-order valence-electron chi connectivity index (χ0n) is 11.3. The molecule has 0 radical (unpaired) electrons. The summed E-state index contributed by atoms with van der Waals surface area (Å²) in [7, 11) is 0. The lowest BCUT2D eigenvalue weighted by atomic mass is 10.2. The van der Waals surface area contributed by atoms with E-state index in [0.717, 1.165) is 32.0 Å². The molecule has 0 bridgehead atoms. The first-order chi connectivity index (χ1) is 9.86. The van der Waals surface area contributed by atoms with Crippen LogP contribution in [0, 0.1) is 0 Å². The molecular weight excluding hydrogens is 252 g/mol. The molecule has 20 heavy (non-hydrogen) atoms. The quantitative estimate of drug-likeness (QED) is 0.911. The molecule has 1 saturated heterocycles. The van der Waals surface area contributed by atoms with Crippen molar-refractivity contribution in [3.05, 3.63) is 48.2 Å². The molecule has 1 aromatic heterocycles. The number of aliphatic hydroxyl groups is 1. The molecule has 0 aliphatic carbocycles. The molecule has 104 valence electrons. The van der Waals surface area contributed by atoms with Crippen LogP contribution in [-0.4, -0.2) is 41.5 Å². The van der Waals surface area contributed by atoms with Gasteiger partial charge in [0.05, 0.1) is 12.3 Å². The molecule has 1 fully saturated rings. The molecule has 2 aromatic rings. The third-order valence-electron chi connectivity index (χ3n) is 3.59. The molecule has 1 aromatic carbocycles. The molecule has 0 atom stereocenters. The number of anilines is 2. The number of aromatic nitrogens is 2. The van der Waals surface area contributed by atoms with Gasteiger partial charge in [0.1, 0.15) is 0 Å². The highest BCUT2D eigenvalue weighted by Crippen LogP contribution is 2.18. The monoisotopic (exact) mass is 270 g/mol. The van der Waals surface area contributed by atoms with Crippen LogP contribution in [0.2, 0.25) is 0 Å². The molecule has 5 heteroatoms. The smallest absolute Gasteiger partial charge is 0.151 e. The van der Waals surface area contributed by atoms with E-state index in [2.05, 4.69) is 44.3 Å². The first-order valence-corrected chi connectivity index (χ1v) is 6.85. The van der Waals surface area contributed by atoms with E-state index < -0.39 is 0 Å². The molecule has 5 nitrogen and oxygen atoms in total. The second-order valence-electron chi connectivity index (χ2n) is 4.85. The Labute approximate surface area is 118 Å². The molecule has 0 unspecified atom stereocenters. The minimum atomic E-state index is -0.0605. The summed E-state index contributed by atoms with van der Waals surface area (Å²) < 4.78 is 0. The normalized spacial score (nSPS) is 15.4. The number of para-hydroxylation sites is 1. The van der Waals surface area contributed by atoms with Crippen LogP contribution < -0.4 is 9.80 Å². The van der Waals surface area contributed by atoms with Crippen molar-refractivity contribution in [3.8, 4) is 0 Å². The van der Waals surface area contributed by atoms with Gasteiger partial charge in [-0.3, -0.25) is 0 Å². The van der Waals surface area contributed by atoms with Crippen LogP contribution in [0.4, 0.5) is 11.5 Å². The first kappa shape index (κ1) is 12.9. The van der Waals surface area contributed by atoms with Gasteiger partial charge < -0.3 is 14.9 Å². The van der Waals surface area contributed by atoms with Gasteiger partial charge in [-0.15, -0.1) is 5.10 Å². The van der Waals surface area contributed by atoms with Crippen molar-refractivity contribution in [1.82, 2.24) is 10.2 Å². The molecular formula is C15H18N4O. The molecule has 3 rings (SSSR count). The fourth-order valence-corrected chi connectivity index (χ4v) is 2.44. The Bertz CT molecular complexity index is 536. The van der Waals surface area contributed by atoms with Crippen LogP contribution in [0.15, 0.2) is 42.5 Å². The average Bonchev–Trinajstić information content (AvgIpc) is 2.56. The molecule has 1 N–H and O–H groups in total. The van der Waals surface area contributed by atoms with Crippen molar-refractivity contribution in [2.75, 3.05) is 36.0 Å². The summed E-state index contributed by atoms with van der Waals surface area (Å²) in [6, 6.07) is 14.2. The van der Waals surface area contributed by atoms with Crippen LogP contribution in [0.5, 0.6) is 0 Å². The first-order valence-electron chi connectivity index (χ1n) is 6.85. The maximum atomic E-state index is 8.98. The minimum absolute atomic E-state index is 0.0605. The lowest BCUT2D eigenvalue weighted by Crippen LogP contribution is -2.46. The third kappa shape index (κ3) is 2.72. The molecule has 1 aliphatic heterocycles. The van der Waals surface area contributed by atoms with E-state index in [4.69, 9.17) is 5.11 Å². The number of hydrogen-bond donors (Lipinski definition) is 1. The highest BCUT2D eigenvalue weighted by atomic mass is 16.3. The molecule has 1 aliphatic rings. The second-order valence-corrected chi connectivity index (χ2v) is 4.85. The number of nitrogens with zero attached hydrogens (tertiary/aromatic N) is 4. The van der Waals surface area contributed by atoms with Gasteiger partial charge in [-0.05, 0) is 24.3 Å². The predicted octanol–water partition coefficient (Wildman–Crippen LogP) is 1.30. The van der Waals surface area contributed by atoms with Crippen LogP contribution in [0.25, 0.3) is 0 Å². The highest BCUT2D eigenvalue weighted by Gasteiger charge is 2.18. The lowest BCUT2D eigenvalue weighted by Gasteiger charge is -2.36. The van der Waals surface area contributed by atoms with Gasteiger partial charge in [0.2, 0.25) is 0 Å². The van der Waals surface area contributed by atoms with Gasteiger partial charge in [0.25, 0.3) is 0 Å². The van der Waals surface area contributed by atoms with Crippen molar-refractivity contribution < 1.29 is 5.11 Å². The van der Waals surface area contributed by atoms with Crippen molar-refractivity contribution in [2.24, 2.45) is 0 Å². The number of hydrogen-bond acceptors (Lipinski definition) is 5. The Hall–Kier alpha value is -2.14. The average molecular weight is 270 g/mol. The zero-order chi connectivity index (χ0) is 13.8. The van der Waals surface area contributed by atoms with E-state index >= 15 is 0 Å². The van der Waals surface area contributed by atoms with E-state index in [1.54, 1.807) is 0 Å². The Morgan fingerprint density at radius 1 is 0.850 bits per heavy atom. The summed E-state index contributed by atoms with van der Waals surface area (Å²) in [5.74, 6) is 0.884. The van der Waals surface area contributed by atoms with E-state index in [9.17, 15) is 0 Å². The second kappa shape index (κ2) is 5.88. The van der Waals surface area contributed by atoms with E-state index in [1.807, 2.05) is 18.2 Å². The summed E-state index contributed by atoms with van der Waals surface area (Å²) in [5.41, 5.74) is 1.88. The van der Waals surface area contributed by atoms with Crippen LogP contribution in [0.3, 0.4) is 0 Å². The minimum Gasteiger partial charge on any atom is -0.390 e. The van der Waals surface area contributed by atoms with Crippen LogP contribution >= 0.6 is 0 Å². The number of benzene rings is 1. The fourth-order valence-electron chi connectivity index (χ4n) is 2.44. The van der Waals surface area contributed by atoms with Gasteiger partial charge >= 0.3 is 0 Å². The van der Waals surface area contributed by atoms with Gasteiger partial charge in [0, 0.05) is 31.9 Å². The Balaban J connectivity index is 1.63. The van der Waals surface area contributed by atoms with E-state index in [1.165, 1.54) is 5.69 Å². The summed E-state index contributed by atoms with van der Waals surface area (Å²) in [4.78, 5) is 4.61. The maximum absolute atomic E-state index is 8.98. The largest absolute Gasteiger partial charge is 0.390 e. The molecule has 0 saturated carbocycles. The molecule has 2 heterocycles. The van der Waals surface area contributed by atoms with Crippen molar-refractivity contribution in [1.29, 1.82) is 0 Å². The van der Waals surface area contributed by atoms with Crippen LogP contribution in [0.1, 0.15) is 5.69 Å². The van der Waals surface area contributed by atoms with Crippen molar-refractivity contribution in [3.63, 3.8) is 0 Å². The van der Waals surface area contributed by atoms with Crippen molar-refractivity contribution in [2.45, 2.75) is 6.61 Å². The predicted molar refractivity (Wildman–Crippen MR) is 78.8 cm³/mol. The maximum Gasteiger partial charge on any atom is 0.151 e. The lowest BCUT2D eigenvalue weighted by molar-refractivity contribution is 0.275. The highest BCUT2D eigenvalue weighted by molar-refractivity contribution is 5.49. The standard InChI is InChI=1S/C15H18N4O/c20-12-13-6-7-15(17-16-13)19-10-8-18(9-11-19)14-4-2-1-3-5-14/h1-7,20H,8-12H2. The zero-order valence-corrected chi connectivity index (χ0v) is 11.3. The summed E-state index contributed by atoms with van der Waals surface area (Å²) >= 11 is 0. The Kier molecular flexibility index (Phi) is 3.78. The van der Waals surface area contributed by atoms with E-state index in [-0.39, 0.29) is 6.61 Å². The number of aliphatic hydroxyl groups excluding tert-OH is 1. The van der Waals surface area contributed by atoms with Gasteiger partial charge in [-0.25, -0.2) is 0 Å². The topological polar surface area (TPSA) is 52.5 Å².